The van der Waals surface area contributed by atoms with Crippen molar-refractivity contribution in [3.8, 4) is 5.75 Å². The van der Waals surface area contributed by atoms with E-state index >= 15 is 0 Å². The third kappa shape index (κ3) is 3.34. The van der Waals surface area contributed by atoms with E-state index in [9.17, 15) is 9.59 Å². The zero-order valence-corrected chi connectivity index (χ0v) is 13.5. The first-order valence-electron chi connectivity index (χ1n) is 7.98. The second-order valence-corrected chi connectivity index (χ2v) is 6.19. The van der Waals surface area contributed by atoms with Crippen LogP contribution in [0.2, 0.25) is 0 Å². The smallest absolute Gasteiger partial charge is 0.353 e. The van der Waals surface area contributed by atoms with Crippen molar-refractivity contribution >= 4 is 17.6 Å². The van der Waals surface area contributed by atoms with Crippen molar-refractivity contribution in [1.82, 2.24) is 4.90 Å². The number of carbonyl (C=O) groups is 2. The molecule has 1 fully saturated rings. The average Bonchev–Trinajstić information content (AvgIpc) is 3.00. The number of carbonyl (C=O) groups excluding carboxylic acids is 1. The predicted octanol–water partition coefficient (Wildman–Crippen LogP) is 1.68. The summed E-state index contributed by atoms with van der Waals surface area (Å²) >= 11 is 0. The summed E-state index contributed by atoms with van der Waals surface area (Å²) in [5.74, 6) is -0.466. The van der Waals surface area contributed by atoms with E-state index in [4.69, 9.17) is 14.7 Å². The molecule has 3 rings (SSSR count). The summed E-state index contributed by atoms with van der Waals surface area (Å²) in [5.41, 5.74) is -0.524. The van der Waals surface area contributed by atoms with E-state index in [1.54, 1.807) is 11.8 Å². The highest BCUT2D eigenvalue weighted by molar-refractivity contribution is 6.36. The highest BCUT2D eigenvalue weighted by atomic mass is 16.7. The van der Waals surface area contributed by atoms with Gasteiger partial charge >= 0.3 is 5.97 Å². The fourth-order valence-electron chi connectivity index (χ4n) is 3.05. The maximum Gasteiger partial charge on any atom is 0.353 e. The second-order valence-electron chi connectivity index (χ2n) is 6.19. The Hall–Kier alpha value is -2.57. The third-order valence-corrected chi connectivity index (χ3v) is 4.48. The zero-order chi connectivity index (χ0) is 17.2. The number of para-hydroxylation sites is 1. The maximum atomic E-state index is 12.5. The van der Waals surface area contributed by atoms with Crippen LogP contribution < -0.4 is 4.74 Å². The Morgan fingerprint density at radius 3 is 2.54 bits per heavy atom. The van der Waals surface area contributed by atoms with E-state index in [0.29, 0.717) is 38.1 Å². The number of piperidine rings is 1. The van der Waals surface area contributed by atoms with Crippen LogP contribution in [-0.2, 0) is 14.4 Å². The molecule has 2 aliphatic heterocycles. The summed E-state index contributed by atoms with van der Waals surface area (Å²) in [6.07, 6.45) is 0.853. The van der Waals surface area contributed by atoms with Crippen LogP contribution in [0, 0.1) is 0 Å². The van der Waals surface area contributed by atoms with E-state index in [-0.39, 0.29) is 11.6 Å². The molecule has 0 radical (unpaired) electrons. The fourth-order valence-corrected chi connectivity index (χ4v) is 3.05. The van der Waals surface area contributed by atoms with Crippen molar-refractivity contribution < 1.29 is 24.3 Å². The van der Waals surface area contributed by atoms with Crippen molar-refractivity contribution in [2.24, 2.45) is 5.16 Å². The number of carboxylic acid groups (broad SMARTS) is 1. The first-order valence-corrected chi connectivity index (χ1v) is 7.98. The molecule has 7 nitrogen and oxygen atoms in total. The van der Waals surface area contributed by atoms with Gasteiger partial charge in [0.1, 0.15) is 11.4 Å². The van der Waals surface area contributed by atoms with Gasteiger partial charge in [0.2, 0.25) is 0 Å². The molecule has 2 heterocycles. The van der Waals surface area contributed by atoms with Gasteiger partial charge < -0.3 is 19.6 Å². The molecule has 1 saturated heterocycles. The van der Waals surface area contributed by atoms with Gasteiger partial charge in [0.25, 0.3) is 5.91 Å². The summed E-state index contributed by atoms with van der Waals surface area (Å²) in [6.45, 7) is 2.74. The molecule has 0 saturated carbocycles. The molecular weight excluding hydrogens is 312 g/mol. The molecule has 7 heteroatoms. The van der Waals surface area contributed by atoms with Gasteiger partial charge in [-0.15, -0.1) is 0 Å². The SMILES string of the molecule is CC(Oc1ccccc1)C(=O)N1CCC2(CC1)CC(C(=O)O)=NO2. The number of amides is 1. The number of hydrogen-bond acceptors (Lipinski definition) is 5. The van der Waals surface area contributed by atoms with Crippen LogP contribution in [0.5, 0.6) is 5.75 Å². The largest absolute Gasteiger partial charge is 0.481 e. The molecule has 24 heavy (non-hydrogen) atoms. The summed E-state index contributed by atoms with van der Waals surface area (Å²) in [5, 5.41) is 12.7. The lowest BCUT2D eigenvalue weighted by Gasteiger charge is -2.37. The van der Waals surface area contributed by atoms with E-state index < -0.39 is 17.7 Å². The van der Waals surface area contributed by atoms with Gasteiger partial charge in [-0.2, -0.15) is 0 Å². The molecule has 0 aromatic heterocycles. The monoisotopic (exact) mass is 332 g/mol. The number of likely N-dealkylation sites (tertiary alicyclic amines) is 1. The van der Waals surface area contributed by atoms with Crippen molar-refractivity contribution in [3.63, 3.8) is 0 Å². The second kappa shape index (κ2) is 6.51. The molecule has 1 spiro atoms. The van der Waals surface area contributed by atoms with E-state index in [1.165, 1.54) is 0 Å². The number of hydrogen-bond donors (Lipinski definition) is 1. The topological polar surface area (TPSA) is 88.4 Å². The molecular formula is C17H20N2O5. The number of benzene rings is 1. The minimum absolute atomic E-state index is 0.0514. The van der Waals surface area contributed by atoms with Crippen LogP contribution in [0.25, 0.3) is 0 Å². The summed E-state index contributed by atoms with van der Waals surface area (Å²) in [4.78, 5) is 30.6. The number of aliphatic carboxylic acids is 1. The van der Waals surface area contributed by atoms with Gasteiger partial charge in [-0.3, -0.25) is 4.79 Å². The molecule has 0 aliphatic carbocycles. The van der Waals surface area contributed by atoms with E-state index in [1.807, 2.05) is 30.3 Å². The molecule has 0 bridgehead atoms. The van der Waals surface area contributed by atoms with Gasteiger partial charge in [0, 0.05) is 32.4 Å². The molecule has 1 amide bonds. The van der Waals surface area contributed by atoms with Gasteiger partial charge in [0.15, 0.2) is 11.8 Å². The van der Waals surface area contributed by atoms with E-state index in [2.05, 4.69) is 5.16 Å². The highest BCUT2D eigenvalue weighted by Gasteiger charge is 2.45. The summed E-state index contributed by atoms with van der Waals surface area (Å²) in [6, 6.07) is 9.22. The van der Waals surface area contributed by atoms with Crippen molar-refractivity contribution in [3.05, 3.63) is 30.3 Å². The Kier molecular flexibility index (Phi) is 4.42. The van der Waals surface area contributed by atoms with Gasteiger partial charge in [-0.1, -0.05) is 23.4 Å². The van der Waals surface area contributed by atoms with Crippen LogP contribution in [-0.4, -0.2) is 52.4 Å². The summed E-state index contributed by atoms with van der Waals surface area (Å²) < 4.78 is 5.67. The maximum absolute atomic E-state index is 12.5. The fraction of sp³-hybridized carbons (Fsp3) is 0.471. The van der Waals surface area contributed by atoms with Gasteiger partial charge in [0.05, 0.1) is 0 Å². The van der Waals surface area contributed by atoms with Crippen LogP contribution >= 0.6 is 0 Å². The first-order chi connectivity index (χ1) is 11.5. The number of rotatable bonds is 4. The molecule has 1 unspecified atom stereocenters. The third-order valence-electron chi connectivity index (χ3n) is 4.48. The van der Waals surface area contributed by atoms with Crippen LogP contribution in [0.3, 0.4) is 0 Å². The molecule has 2 aliphatic rings. The number of carboxylic acids is 1. The lowest BCUT2D eigenvalue weighted by atomic mass is 9.87. The highest BCUT2D eigenvalue weighted by Crippen LogP contribution is 2.34. The molecule has 1 N–H and O–H groups in total. The lowest BCUT2D eigenvalue weighted by molar-refractivity contribution is -0.143. The Morgan fingerprint density at radius 2 is 1.96 bits per heavy atom. The minimum atomic E-state index is -1.05. The Balaban J connectivity index is 1.53. The first kappa shape index (κ1) is 16.3. The van der Waals surface area contributed by atoms with E-state index in [0.717, 1.165) is 0 Å². The van der Waals surface area contributed by atoms with Crippen molar-refractivity contribution in [2.75, 3.05) is 13.1 Å². The minimum Gasteiger partial charge on any atom is -0.481 e. The Labute approximate surface area is 139 Å². The van der Waals surface area contributed by atoms with Crippen molar-refractivity contribution in [2.45, 2.75) is 37.9 Å². The predicted molar refractivity (Wildman–Crippen MR) is 85.8 cm³/mol. The van der Waals surface area contributed by atoms with Crippen molar-refractivity contribution in [1.29, 1.82) is 0 Å². The Bertz CT molecular complexity index is 650. The quantitative estimate of drug-likeness (QED) is 0.906. The van der Waals surface area contributed by atoms with Crippen LogP contribution in [0.1, 0.15) is 26.2 Å². The standard InChI is InChI=1S/C17H20N2O5/c1-12(23-13-5-3-2-4-6-13)15(20)19-9-7-17(8-10-19)11-14(16(21)22)18-24-17/h2-6,12H,7-11H2,1H3,(H,21,22). The molecule has 1 aromatic carbocycles. The van der Waals surface area contributed by atoms with Gasteiger partial charge in [-0.05, 0) is 19.1 Å². The average molecular weight is 332 g/mol. The summed E-state index contributed by atoms with van der Waals surface area (Å²) in [7, 11) is 0. The number of ether oxygens (including phenoxy) is 1. The molecule has 1 aromatic rings. The van der Waals surface area contributed by atoms with Crippen LogP contribution in [0.4, 0.5) is 0 Å². The van der Waals surface area contributed by atoms with Crippen LogP contribution in [0.15, 0.2) is 35.5 Å². The number of oxime groups is 1. The molecule has 1 atom stereocenters. The zero-order valence-electron chi connectivity index (χ0n) is 13.5. The lowest BCUT2D eigenvalue weighted by Crippen LogP contribution is -2.50. The number of nitrogens with zero attached hydrogens (tertiary/aromatic N) is 2. The molecule has 128 valence electrons. The van der Waals surface area contributed by atoms with Gasteiger partial charge in [-0.25, -0.2) is 4.79 Å². The Morgan fingerprint density at radius 1 is 1.29 bits per heavy atom. The normalized spacial score (nSPS) is 20.2.